The molecular weight excluding hydrogens is 282 g/mol. The molecule has 4 heteroatoms. The highest BCUT2D eigenvalue weighted by Gasteiger charge is 2.16. The van der Waals surface area contributed by atoms with Gasteiger partial charge in [0.15, 0.2) is 0 Å². The van der Waals surface area contributed by atoms with Crippen molar-refractivity contribution in [2.75, 3.05) is 0 Å². The molecule has 0 bridgehead atoms. The number of benzene rings is 2. The summed E-state index contributed by atoms with van der Waals surface area (Å²) in [5, 5.41) is 12.5. The van der Waals surface area contributed by atoms with Gasteiger partial charge in [-0.25, -0.2) is 9.78 Å². The molecule has 2 aromatic carbocycles. The van der Waals surface area contributed by atoms with Gasteiger partial charge in [0.2, 0.25) is 0 Å². The van der Waals surface area contributed by atoms with Crippen LogP contribution in [-0.4, -0.2) is 16.1 Å². The highest BCUT2D eigenvalue weighted by molar-refractivity contribution is 7.13. The molecule has 0 unspecified atom stereocenters. The maximum Gasteiger partial charge on any atom is 0.347 e. The zero-order chi connectivity index (χ0) is 14.8. The Morgan fingerprint density at radius 1 is 1.19 bits per heavy atom. The summed E-state index contributed by atoms with van der Waals surface area (Å²) in [5.74, 6) is -0.886. The van der Waals surface area contributed by atoms with Crippen LogP contribution in [0.1, 0.15) is 32.9 Å². The first kappa shape index (κ1) is 13.8. The van der Waals surface area contributed by atoms with Gasteiger partial charge >= 0.3 is 5.97 Å². The van der Waals surface area contributed by atoms with Gasteiger partial charge in [0.1, 0.15) is 4.88 Å². The molecule has 0 amide bonds. The summed E-state index contributed by atoms with van der Waals surface area (Å²) in [6.45, 7) is 1.99. The zero-order valence-electron chi connectivity index (χ0n) is 11.7. The largest absolute Gasteiger partial charge is 0.477 e. The Balaban J connectivity index is 1.98. The van der Waals surface area contributed by atoms with E-state index < -0.39 is 5.97 Å². The Morgan fingerprint density at radius 3 is 2.67 bits per heavy atom. The predicted octanol–water partition coefficient (Wildman–Crippen LogP) is 4.15. The van der Waals surface area contributed by atoms with Crippen molar-refractivity contribution >= 4 is 28.1 Å². The van der Waals surface area contributed by atoms with E-state index in [0.29, 0.717) is 17.0 Å². The molecule has 0 saturated carbocycles. The second kappa shape index (κ2) is 5.66. The van der Waals surface area contributed by atoms with Crippen LogP contribution < -0.4 is 0 Å². The number of carboxylic acid groups (broad SMARTS) is 1. The molecule has 0 saturated heterocycles. The van der Waals surface area contributed by atoms with Gasteiger partial charge in [-0.15, -0.1) is 11.3 Å². The maximum atomic E-state index is 11.3. The van der Waals surface area contributed by atoms with Gasteiger partial charge in [0, 0.05) is 6.42 Å². The van der Waals surface area contributed by atoms with Crippen molar-refractivity contribution < 1.29 is 9.90 Å². The highest BCUT2D eigenvalue weighted by Crippen LogP contribution is 2.23. The third-order valence-corrected chi connectivity index (χ3v) is 4.65. The van der Waals surface area contributed by atoms with Gasteiger partial charge in [0.25, 0.3) is 0 Å². The van der Waals surface area contributed by atoms with Gasteiger partial charge in [0.05, 0.1) is 10.7 Å². The number of nitrogens with zero attached hydrogens (tertiary/aromatic N) is 1. The Labute approximate surface area is 126 Å². The summed E-state index contributed by atoms with van der Waals surface area (Å²) in [4.78, 5) is 16.1. The van der Waals surface area contributed by atoms with Crippen LogP contribution in [-0.2, 0) is 12.8 Å². The van der Waals surface area contributed by atoms with E-state index in [0.717, 1.165) is 22.4 Å². The number of hydrogen-bond acceptors (Lipinski definition) is 3. The standard InChI is InChI=1S/C17H15NO2S/c1-2-15-18-14(16(21-15)17(19)20)10-11-7-8-12-5-3-4-6-13(12)9-11/h3-9H,2,10H2,1H3,(H,19,20). The first-order valence-electron chi connectivity index (χ1n) is 6.87. The molecule has 0 spiro atoms. The Kier molecular flexibility index (Phi) is 3.71. The van der Waals surface area contributed by atoms with Crippen molar-refractivity contribution in [3.63, 3.8) is 0 Å². The molecule has 3 nitrogen and oxygen atoms in total. The van der Waals surface area contributed by atoms with Crippen LogP contribution >= 0.6 is 11.3 Å². The number of fused-ring (bicyclic) bond motifs is 1. The number of hydrogen-bond donors (Lipinski definition) is 1. The van der Waals surface area contributed by atoms with Gasteiger partial charge in [-0.05, 0) is 22.8 Å². The van der Waals surface area contributed by atoms with E-state index in [1.165, 1.54) is 16.7 Å². The van der Waals surface area contributed by atoms with Crippen LogP contribution in [0.25, 0.3) is 10.8 Å². The average Bonchev–Trinajstić information content (AvgIpc) is 2.90. The molecule has 21 heavy (non-hydrogen) atoms. The van der Waals surface area contributed by atoms with Gasteiger partial charge < -0.3 is 5.11 Å². The van der Waals surface area contributed by atoms with Crippen LogP contribution in [0.3, 0.4) is 0 Å². The lowest BCUT2D eigenvalue weighted by atomic mass is 10.0. The van der Waals surface area contributed by atoms with Crippen LogP contribution in [0.5, 0.6) is 0 Å². The van der Waals surface area contributed by atoms with E-state index in [1.54, 1.807) is 0 Å². The SMILES string of the molecule is CCc1nc(Cc2ccc3ccccc3c2)c(C(=O)O)s1. The molecular formula is C17H15NO2S. The van der Waals surface area contributed by atoms with Crippen molar-refractivity contribution in [2.45, 2.75) is 19.8 Å². The molecule has 0 aliphatic carbocycles. The smallest absolute Gasteiger partial charge is 0.347 e. The van der Waals surface area contributed by atoms with E-state index in [2.05, 4.69) is 29.2 Å². The third kappa shape index (κ3) is 2.81. The maximum absolute atomic E-state index is 11.3. The molecule has 3 aromatic rings. The number of thiazole rings is 1. The molecule has 106 valence electrons. The molecule has 0 aliphatic rings. The lowest BCUT2D eigenvalue weighted by Crippen LogP contribution is -2.00. The van der Waals surface area contributed by atoms with Crippen molar-refractivity contribution in [1.82, 2.24) is 4.98 Å². The normalized spacial score (nSPS) is 10.9. The molecule has 0 radical (unpaired) electrons. The minimum absolute atomic E-state index is 0.361. The topological polar surface area (TPSA) is 50.2 Å². The van der Waals surface area contributed by atoms with Crippen LogP contribution in [0.2, 0.25) is 0 Å². The number of carbonyl (C=O) groups is 1. The number of aromatic nitrogens is 1. The quantitative estimate of drug-likeness (QED) is 0.787. The molecule has 1 heterocycles. The summed E-state index contributed by atoms with van der Waals surface area (Å²) in [5.41, 5.74) is 1.75. The van der Waals surface area contributed by atoms with Crippen molar-refractivity contribution in [2.24, 2.45) is 0 Å². The molecule has 3 rings (SSSR count). The minimum Gasteiger partial charge on any atom is -0.477 e. The first-order valence-corrected chi connectivity index (χ1v) is 7.68. The van der Waals surface area contributed by atoms with E-state index in [9.17, 15) is 9.90 Å². The van der Waals surface area contributed by atoms with Gasteiger partial charge in [-0.3, -0.25) is 0 Å². The lowest BCUT2D eigenvalue weighted by molar-refractivity contribution is 0.0701. The number of aromatic carboxylic acids is 1. The molecule has 0 atom stereocenters. The van der Waals surface area contributed by atoms with Crippen molar-refractivity contribution in [3.8, 4) is 0 Å². The Bertz CT molecular complexity index is 807. The summed E-state index contributed by atoms with van der Waals surface area (Å²) in [6.07, 6.45) is 1.33. The Hall–Kier alpha value is -2.20. The van der Waals surface area contributed by atoms with Gasteiger partial charge in [-0.1, -0.05) is 49.4 Å². The molecule has 1 N–H and O–H groups in total. The average molecular weight is 297 g/mol. The van der Waals surface area contributed by atoms with Crippen molar-refractivity contribution in [3.05, 3.63) is 63.6 Å². The van der Waals surface area contributed by atoms with Crippen LogP contribution in [0.4, 0.5) is 0 Å². The molecule has 0 aliphatic heterocycles. The van der Waals surface area contributed by atoms with E-state index in [-0.39, 0.29) is 0 Å². The number of carboxylic acids is 1. The van der Waals surface area contributed by atoms with E-state index in [4.69, 9.17) is 0 Å². The minimum atomic E-state index is -0.886. The number of rotatable bonds is 4. The second-order valence-electron chi connectivity index (χ2n) is 4.90. The highest BCUT2D eigenvalue weighted by atomic mass is 32.1. The van der Waals surface area contributed by atoms with E-state index >= 15 is 0 Å². The van der Waals surface area contributed by atoms with Crippen LogP contribution in [0.15, 0.2) is 42.5 Å². The summed E-state index contributed by atoms with van der Waals surface area (Å²) < 4.78 is 0. The van der Waals surface area contributed by atoms with Crippen molar-refractivity contribution in [1.29, 1.82) is 0 Å². The summed E-state index contributed by atoms with van der Waals surface area (Å²) >= 11 is 1.28. The molecule has 1 aromatic heterocycles. The fourth-order valence-corrected chi connectivity index (χ4v) is 3.24. The van der Waals surface area contributed by atoms with E-state index in [1.807, 2.05) is 25.1 Å². The monoisotopic (exact) mass is 297 g/mol. The Morgan fingerprint density at radius 2 is 1.95 bits per heavy atom. The fraction of sp³-hybridized carbons (Fsp3) is 0.176. The summed E-state index contributed by atoms with van der Waals surface area (Å²) in [6, 6.07) is 14.4. The fourth-order valence-electron chi connectivity index (χ4n) is 2.38. The molecule has 0 fully saturated rings. The first-order chi connectivity index (χ1) is 10.2. The number of aryl methyl sites for hydroxylation is 1. The van der Waals surface area contributed by atoms with Crippen LogP contribution in [0, 0.1) is 0 Å². The summed E-state index contributed by atoms with van der Waals surface area (Å²) in [7, 11) is 0. The lowest BCUT2D eigenvalue weighted by Gasteiger charge is -2.03. The predicted molar refractivity (Wildman–Crippen MR) is 85.2 cm³/mol. The second-order valence-corrected chi connectivity index (χ2v) is 5.98. The zero-order valence-corrected chi connectivity index (χ0v) is 12.5. The van der Waals surface area contributed by atoms with Gasteiger partial charge in [-0.2, -0.15) is 0 Å². The third-order valence-electron chi connectivity index (χ3n) is 3.42.